The van der Waals surface area contributed by atoms with Gasteiger partial charge in [0.2, 0.25) is 0 Å². The molecule has 0 amide bonds. The summed E-state index contributed by atoms with van der Waals surface area (Å²) in [6.07, 6.45) is 7.56. The van der Waals surface area contributed by atoms with Gasteiger partial charge in [0.15, 0.2) is 5.16 Å². The highest BCUT2D eigenvalue weighted by molar-refractivity contribution is 7.98. The first kappa shape index (κ1) is 28.9. The zero-order chi connectivity index (χ0) is 29.5. The minimum Gasteiger partial charge on any atom is -0.466 e. The largest absolute Gasteiger partial charge is 0.466 e. The Labute approximate surface area is 249 Å². The van der Waals surface area contributed by atoms with Gasteiger partial charge in [-0.1, -0.05) is 72.4 Å². The van der Waals surface area contributed by atoms with Gasteiger partial charge in [0.05, 0.1) is 49.5 Å². The van der Waals surface area contributed by atoms with E-state index >= 15 is 0 Å². The van der Waals surface area contributed by atoms with Gasteiger partial charge in [-0.2, -0.15) is 0 Å². The molecule has 0 bridgehead atoms. The number of carbonyl (C=O) groups excluding carboxylic acids is 2. The highest BCUT2D eigenvalue weighted by Crippen LogP contribution is 2.41. The molecule has 42 heavy (non-hydrogen) atoms. The molecule has 9 nitrogen and oxygen atoms in total. The topological polar surface area (TPSA) is 100 Å². The molecule has 2 aromatic carbocycles. The molecule has 0 fully saturated rings. The first-order valence-electron chi connectivity index (χ1n) is 13.6. The smallest absolute Gasteiger partial charge is 0.336 e. The van der Waals surface area contributed by atoms with E-state index in [2.05, 4.69) is 27.0 Å². The number of nitrogens with one attached hydrogen (secondary N) is 1. The lowest BCUT2D eigenvalue weighted by molar-refractivity contribution is -0.137. The monoisotopic (exact) mass is 583 g/mol. The van der Waals surface area contributed by atoms with E-state index in [4.69, 9.17) is 14.5 Å². The van der Waals surface area contributed by atoms with E-state index < -0.39 is 17.9 Å². The number of nitrogens with zero attached hydrogens (tertiary/aromatic N) is 4. The Bertz CT molecular complexity index is 1590. The summed E-state index contributed by atoms with van der Waals surface area (Å²) in [5.74, 6) is -1.09. The molecular weight excluding hydrogens is 550 g/mol. The van der Waals surface area contributed by atoms with Crippen LogP contribution < -0.4 is 5.32 Å². The molecule has 4 aromatic rings. The zero-order valence-electron chi connectivity index (χ0n) is 23.8. The number of rotatable bonds is 11. The van der Waals surface area contributed by atoms with E-state index in [1.165, 1.54) is 19.8 Å². The fraction of sp³-hybridized carbons (Fsp3) is 0.250. The summed E-state index contributed by atoms with van der Waals surface area (Å²) < 4.78 is 14.6. The number of thioether (sulfide) groups is 1. The lowest BCUT2D eigenvalue weighted by atomic mass is 9.82. The predicted molar refractivity (Wildman–Crippen MR) is 160 cm³/mol. The lowest BCUT2D eigenvalue weighted by Crippen LogP contribution is -2.34. The minimum absolute atomic E-state index is 0.345. The molecule has 1 aliphatic heterocycles. The zero-order valence-corrected chi connectivity index (χ0v) is 24.6. The van der Waals surface area contributed by atoms with E-state index in [0.29, 0.717) is 53.5 Å². The van der Waals surface area contributed by atoms with Crippen LogP contribution in [0.3, 0.4) is 0 Å². The summed E-state index contributed by atoms with van der Waals surface area (Å²) in [5.41, 5.74) is 4.94. The van der Waals surface area contributed by atoms with Crippen molar-refractivity contribution in [2.45, 2.75) is 43.3 Å². The number of allylic oxidation sites excluding steroid dienone is 2. The third kappa shape index (κ3) is 6.33. The van der Waals surface area contributed by atoms with Gasteiger partial charge in [0, 0.05) is 49.1 Å². The summed E-state index contributed by atoms with van der Waals surface area (Å²) in [5, 5.41) is 4.10. The molecular formula is C32H33N5O4S. The minimum atomic E-state index is -0.758. The molecule has 1 unspecified atom stereocenters. The molecule has 10 heteroatoms. The van der Waals surface area contributed by atoms with Gasteiger partial charge in [0.25, 0.3) is 0 Å². The SMILES string of the molecule is COC(=O)C1=C(C)NC(CCn2ccnc2)=C(C(=O)OC)C1c1cnc(SCc2ccccc2)n1Cc1ccccc1. The van der Waals surface area contributed by atoms with Gasteiger partial charge in [-0.05, 0) is 18.1 Å². The third-order valence-electron chi connectivity index (χ3n) is 7.17. The number of carbonyl (C=O) groups is 2. The van der Waals surface area contributed by atoms with Gasteiger partial charge < -0.3 is 23.9 Å². The fourth-order valence-corrected chi connectivity index (χ4v) is 6.09. The van der Waals surface area contributed by atoms with E-state index in [9.17, 15) is 9.59 Å². The Morgan fingerprint density at radius 2 is 1.62 bits per heavy atom. The number of dihydropyridines is 1. The molecule has 0 saturated carbocycles. The second-order valence-electron chi connectivity index (χ2n) is 9.83. The summed E-state index contributed by atoms with van der Waals surface area (Å²) in [4.78, 5) is 35.8. The van der Waals surface area contributed by atoms with Crippen molar-refractivity contribution < 1.29 is 19.1 Å². The number of esters is 2. The van der Waals surface area contributed by atoms with Crippen LogP contribution in [0.15, 0.2) is 113 Å². The van der Waals surface area contributed by atoms with Crippen LogP contribution in [0.2, 0.25) is 0 Å². The maximum Gasteiger partial charge on any atom is 0.336 e. The van der Waals surface area contributed by atoms with Crippen molar-refractivity contribution in [2.75, 3.05) is 14.2 Å². The second kappa shape index (κ2) is 13.4. The third-order valence-corrected chi connectivity index (χ3v) is 8.24. The normalized spacial score (nSPS) is 15.0. The Hall–Kier alpha value is -4.57. The average Bonchev–Trinajstić information content (AvgIpc) is 3.69. The Kier molecular flexibility index (Phi) is 9.23. The van der Waals surface area contributed by atoms with Crippen LogP contribution in [0.4, 0.5) is 0 Å². The lowest BCUT2D eigenvalue weighted by Gasteiger charge is -2.31. The number of hydrogen-bond acceptors (Lipinski definition) is 8. The van der Waals surface area contributed by atoms with Crippen molar-refractivity contribution in [3.05, 3.63) is 125 Å². The number of benzene rings is 2. The Morgan fingerprint density at radius 3 is 2.26 bits per heavy atom. The van der Waals surface area contributed by atoms with Crippen molar-refractivity contribution in [3.63, 3.8) is 0 Å². The summed E-state index contributed by atoms with van der Waals surface area (Å²) in [7, 11) is 2.70. The number of aryl methyl sites for hydroxylation is 1. The second-order valence-corrected chi connectivity index (χ2v) is 10.8. The van der Waals surface area contributed by atoms with E-state index in [0.717, 1.165) is 10.7 Å². The van der Waals surface area contributed by atoms with Crippen LogP contribution in [-0.4, -0.2) is 45.3 Å². The number of imidazole rings is 2. The van der Waals surface area contributed by atoms with Crippen molar-refractivity contribution in [2.24, 2.45) is 0 Å². The molecule has 1 aliphatic rings. The van der Waals surface area contributed by atoms with E-state index in [1.54, 1.807) is 30.5 Å². The molecule has 1 N–H and O–H groups in total. The van der Waals surface area contributed by atoms with Crippen molar-refractivity contribution in [1.29, 1.82) is 0 Å². The summed E-state index contributed by atoms with van der Waals surface area (Å²) in [6.45, 7) is 2.91. The van der Waals surface area contributed by atoms with Crippen LogP contribution in [0.1, 0.15) is 36.1 Å². The molecule has 3 heterocycles. The quantitative estimate of drug-likeness (QED) is 0.193. The van der Waals surface area contributed by atoms with Crippen LogP contribution in [0, 0.1) is 0 Å². The standard InChI is InChI=1S/C32H33N5O4S/c1-22-27(30(38)40-2)29(28(31(39)41-3)25(35-22)14-16-36-17-15-33-21-36)26-18-34-32(42-20-24-12-8-5-9-13-24)37(26)19-23-10-6-4-7-11-23/h4-13,15,17-18,21,29,35H,14,16,19-20H2,1-3H3. The first-order chi connectivity index (χ1) is 20.5. The molecule has 216 valence electrons. The van der Waals surface area contributed by atoms with Crippen LogP contribution in [0.25, 0.3) is 0 Å². The van der Waals surface area contributed by atoms with Crippen LogP contribution >= 0.6 is 11.8 Å². The highest BCUT2D eigenvalue weighted by Gasteiger charge is 2.40. The Morgan fingerprint density at radius 1 is 0.952 bits per heavy atom. The molecule has 1 atom stereocenters. The van der Waals surface area contributed by atoms with Gasteiger partial charge >= 0.3 is 11.9 Å². The maximum absolute atomic E-state index is 13.5. The molecule has 2 aromatic heterocycles. The number of methoxy groups -OCH3 is 2. The van der Waals surface area contributed by atoms with Crippen molar-refractivity contribution in [1.82, 2.24) is 24.4 Å². The summed E-state index contributed by atoms with van der Waals surface area (Å²) in [6, 6.07) is 20.2. The number of ether oxygens (including phenoxy) is 2. The van der Waals surface area contributed by atoms with E-state index in [1.807, 2.05) is 66.2 Å². The van der Waals surface area contributed by atoms with Gasteiger partial charge in [0.1, 0.15) is 0 Å². The molecule has 5 rings (SSSR count). The first-order valence-corrected chi connectivity index (χ1v) is 14.6. The van der Waals surface area contributed by atoms with Gasteiger partial charge in [-0.15, -0.1) is 0 Å². The highest BCUT2D eigenvalue weighted by atomic mass is 32.2. The molecule has 0 radical (unpaired) electrons. The number of aromatic nitrogens is 4. The van der Waals surface area contributed by atoms with Crippen LogP contribution in [0.5, 0.6) is 0 Å². The van der Waals surface area contributed by atoms with Crippen molar-refractivity contribution >= 4 is 23.7 Å². The molecule has 0 aliphatic carbocycles. The van der Waals surface area contributed by atoms with Gasteiger partial charge in [-0.25, -0.2) is 19.6 Å². The fourth-order valence-electron chi connectivity index (χ4n) is 5.14. The molecule has 0 saturated heterocycles. The Balaban J connectivity index is 1.64. The summed E-state index contributed by atoms with van der Waals surface area (Å²) >= 11 is 1.61. The predicted octanol–water partition coefficient (Wildman–Crippen LogP) is 5.07. The number of hydrogen-bond donors (Lipinski definition) is 1. The van der Waals surface area contributed by atoms with Crippen LogP contribution in [-0.2, 0) is 37.9 Å². The average molecular weight is 584 g/mol. The molecule has 0 spiro atoms. The van der Waals surface area contributed by atoms with Gasteiger partial charge in [-0.3, -0.25) is 0 Å². The van der Waals surface area contributed by atoms with Crippen molar-refractivity contribution in [3.8, 4) is 0 Å². The maximum atomic E-state index is 13.5. The van der Waals surface area contributed by atoms with E-state index in [-0.39, 0.29) is 0 Å².